The normalized spacial score (nSPS) is 25.4. The van der Waals surface area contributed by atoms with E-state index in [9.17, 15) is 9.59 Å². The van der Waals surface area contributed by atoms with Crippen molar-refractivity contribution < 1.29 is 9.59 Å². The van der Waals surface area contributed by atoms with Crippen molar-refractivity contribution in [2.45, 2.75) is 43.7 Å². The molecule has 2 saturated heterocycles. The smallest absolute Gasteiger partial charge is 0.320 e. The second kappa shape index (κ2) is 6.08. The Labute approximate surface area is 140 Å². The Bertz CT molecular complexity index is 634. The lowest BCUT2D eigenvalue weighted by Crippen LogP contribution is -2.51. The molecule has 130 valence electrons. The van der Waals surface area contributed by atoms with Crippen molar-refractivity contribution in [3.05, 3.63) is 11.8 Å². The van der Waals surface area contributed by atoms with E-state index in [-0.39, 0.29) is 18.0 Å². The van der Waals surface area contributed by atoms with Gasteiger partial charge in [-0.2, -0.15) is 5.10 Å². The van der Waals surface area contributed by atoms with Gasteiger partial charge >= 0.3 is 6.03 Å². The molecule has 0 spiro atoms. The van der Waals surface area contributed by atoms with Gasteiger partial charge in [0.1, 0.15) is 6.04 Å². The highest BCUT2D eigenvalue weighted by Gasteiger charge is 2.43. The lowest BCUT2D eigenvalue weighted by Gasteiger charge is -2.34. The van der Waals surface area contributed by atoms with Crippen LogP contribution in [0.3, 0.4) is 0 Å². The van der Waals surface area contributed by atoms with Gasteiger partial charge in [0.25, 0.3) is 0 Å². The van der Waals surface area contributed by atoms with Crippen LogP contribution in [0.2, 0.25) is 0 Å². The Kier molecular flexibility index (Phi) is 3.91. The minimum atomic E-state index is -0.452. The first-order valence-corrected chi connectivity index (χ1v) is 8.74. The number of rotatable bonds is 4. The SMILES string of the molecule is CN1CC(C(=O)Nc2cc(C3CC3)[nH]n2)N(C2CCNCC2)C1=O. The van der Waals surface area contributed by atoms with Crippen LogP contribution in [-0.2, 0) is 4.79 Å². The van der Waals surface area contributed by atoms with E-state index in [1.807, 2.05) is 6.07 Å². The molecule has 1 aliphatic carbocycles. The van der Waals surface area contributed by atoms with Gasteiger partial charge in [-0.25, -0.2) is 4.79 Å². The number of urea groups is 1. The van der Waals surface area contributed by atoms with Crippen LogP contribution in [0.25, 0.3) is 0 Å². The highest BCUT2D eigenvalue weighted by Crippen LogP contribution is 2.39. The summed E-state index contributed by atoms with van der Waals surface area (Å²) in [6, 6.07) is 1.53. The van der Waals surface area contributed by atoms with Crippen LogP contribution in [0.4, 0.5) is 10.6 Å². The van der Waals surface area contributed by atoms with Gasteiger partial charge in [-0.3, -0.25) is 9.89 Å². The average molecular weight is 332 g/mol. The summed E-state index contributed by atoms with van der Waals surface area (Å²) >= 11 is 0. The number of nitrogens with zero attached hydrogens (tertiary/aromatic N) is 3. The molecule has 4 rings (SSSR count). The minimum Gasteiger partial charge on any atom is -0.325 e. The number of hydrogen-bond acceptors (Lipinski definition) is 4. The fourth-order valence-corrected chi connectivity index (χ4v) is 3.67. The third kappa shape index (κ3) is 2.86. The monoisotopic (exact) mass is 332 g/mol. The molecule has 0 radical (unpaired) electrons. The van der Waals surface area contributed by atoms with Crippen molar-refractivity contribution >= 4 is 17.8 Å². The van der Waals surface area contributed by atoms with Crippen molar-refractivity contribution in [3.8, 4) is 0 Å². The molecule has 1 saturated carbocycles. The van der Waals surface area contributed by atoms with E-state index in [1.54, 1.807) is 16.8 Å². The van der Waals surface area contributed by atoms with Gasteiger partial charge in [0.05, 0.1) is 6.54 Å². The zero-order valence-electron chi connectivity index (χ0n) is 13.9. The Hall–Kier alpha value is -2.09. The van der Waals surface area contributed by atoms with Crippen LogP contribution in [0, 0.1) is 0 Å². The molecule has 1 aromatic heterocycles. The number of hydrogen-bond donors (Lipinski definition) is 3. The molecule has 0 aromatic carbocycles. The maximum absolute atomic E-state index is 12.8. The number of carbonyl (C=O) groups is 2. The van der Waals surface area contributed by atoms with Crippen molar-refractivity contribution in [2.24, 2.45) is 0 Å². The minimum absolute atomic E-state index is 0.0530. The summed E-state index contributed by atoms with van der Waals surface area (Å²) in [6.45, 7) is 2.20. The Morgan fingerprint density at radius 2 is 2.04 bits per heavy atom. The number of likely N-dealkylation sites (N-methyl/N-ethyl adjacent to an activating group) is 1. The van der Waals surface area contributed by atoms with E-state index >= 15 is 0 Å². The zero-order chi connectivity index (χ0) is 16.7. The number of nitrogens with one attached hydrogen (secondary N) is 3. The summed E-state index contributed by atoms with van der Waals surface area (Å²) < 4.78 is 0. The molecule has 3 fully saturated rings. The lowest BCUT2D eigenvalue weighted by molar-refractivity contribution is -0.120. The van der Waals surface area contributed by atoms with Crippen molar-refractivity contribution in [1.29, 1.82) is 0 Å². The highest BCUT2D eigenvalue weighted by molar-refractivity contribution is 5.98. The van der Waals surface area contributed by atoms with Gasteiger partial charge in [0.15, 0.2) is 5.82 Å². The standard InChI is InChI=1S/C16H24N6O2/c1-21-9-13(22(16(21)24)11-4-6-17-7-5-11)15(23)18-14-8-12(19-20-14)10-2-3-10/h8,10-11,13,17H,2-7,9H2,1H3,(H2,18,19,20,23). The first-order valence-electron chi connectivity index (χ1n) is 8.74. The molecule has 1 unspecified atom stereocenters. The van der Waals surface area contributed by atoms with Crippen LogP contribution >= 0.6 is 0 Å². The molecule has 8 nitrogen and oxygen atoms in total. The number of amides is 3. The third-order valence-electron chi connectivity index (χ3n) is 5.20. The molecule has 3 N–H and O–H groups in total. The lowest BCUT2D eigenvalue weighted by atomic mass is 10.0. The van der Waals surface area contributed by atoms with E-state index < -0.39 is 6.04 Å². The molecule has 1 aromatic rings. The Balaban J connectivity index is 1.47. The van der Waals surface area contributed by atoms with Crippen molar-refractivity contribution in [3.63, 3.8) is 0 Å². The van der Waals surface area contributed by atoms with Gasteiger partial charge in [-0.1, -0.05) is 0 Å². The molecule has 2 aliphatic heterocycles. The summed E-state index contributed by atoms with van der Waals surface area (Å²) in [7, 11) is 1.75. The predicted molar refractivity (Wildman–Crippen MR) is 88.7 cm³/mol. The number of H-pyrrole nitrogens is 1. The maximum Gasteiger partial charge on any atom is 0.320 e. The van der Waals surface area contributed by atoms with E-state index in [4.69, 9.17) is 0 Å². The first-order chi connectivity index (χ1) is 11.6. The van der Waals surface area contributed by atoms with Crippen LogP contribution in [-0.4, -0.2) is 70.7 Å². The first kappa shape index (κ1) is 15.4. The van der Waals surface area contributed by atoms with Crippen LogP contribution in [0.15, 0.2) is 6.07 Å². The largest absolute Gasteiger partial charge is 0.325 e. The van der Waals surface area contributed by atoms with Crippen molar-refractivity contribution in [1.82, 2.24) is 25.3 Å². The summed E-state index contributed by atoms with van der Waals surface area (Å²) in [5, 5.41) is 13.4. The third-order valence-corrected chi connectivity index (χ3v) is 5.20. The van der Waals surface area contributed by atoms with Gasteiger partial charge in [-0.05, 0) is 38.8 Å². The average Bonchev–Trinajstić information content (AvgIpc) is 3.27. The number of aromatic amines is 1. The fraction of sp³-hybridized carbons (Fsp3) is 0.688. The summed E-state index contributed by atoms with van der Waals surface area (Å²) in [5.74, 6) is 0.961. The summed E-state index contributed by atoms with van der Waals surface area (Å²) in [6.07, 6.45) is 4.14. The van der Waals surface area contributed by atoms with Crippen LogP contribution in [0.1, 0.15) is 37.3 Å². The van der Waals surface area contributed by atoms with E-state index in [0.717, 1.165) is 31.6 Å². The zero-order valence-corrected chi connectivity index (χ0v) is 13.9. The highest BCUT2D eigenvalue weighted by atomic mass is 16.2. The molecule has 3 amide bonds. The molecule has 8 heteroatoms. The van der Waals surface area contributed by atoms with Crippen LogP contribution in [0.5, 0.6) is 0 Å². The number of aromatic nitrogens is 2. The maximum atomic E-state index is 12.8. The van der Waals surface area contributed by atoms with E-state index in [0.29, 0.717) is 18.3 Å². The second-order valence-corrected chi connectivity index (χ2v) is 7.04. The van der Waals surface area contributed by atoms with Gasteiger partial charge in [-0.15, -0.1) is 0 Å². The molecule has 3 heterocycles. The molecule has 0 bridgehead atoms. The molecular weight excluding hydrogens is 308 g/mol. The summed E-state index contributed by atoms with van der Waals surface area (Å²) in [5.41, 5.74) is 1.08. The second-order valence-electron chi connectivity index (χ2n) is 7.04. The van der Waals surface area contributed by atoms with E-state index in [2.05, 4.69) is 20.8 Å². The Morgan fingerprint density at radius 1 is 1.29 bits per heavy atom. The predicted octanol–water partition coefficient (Wildman–Crippen LogP) is 0.714. The Morgan fingerprint density at radius 3 is 2.75 bits per heavy atom. The van der Waals surface area contributed by atoms with Crippen LogP contribution < -0.4 is 10.6 Å². The van der Waals surface area contributed by atoms with Gasteiger partial charge in [0.2, 0.25) is 5.91 Å². The quantitative estimate of drug-likeness (QED) is 0.757. The number of anilines is 1. The van der Waals surface area contributed by atoms with Crippen molar-refractivity contribution in [2.75, 3.05) is 32.0 Å². The van der Waals surface area contributed by atoms with Gasteiger partial charge in [0, 0.05) is 30.8 Å². The molecule has 3 aliphatic rings. The summed E-state index contributed by atoms with van der Waals surface area (Å²) in [4.78, 5) is 28.7. The topological polar surface area (TPSA) is 93.4 Å². The molecule has 1 atom stereocenters. The van der Waals surface area contributed by atoms with Gasteiger partial charge < -0.3 is 20.4 Å². The fourth-order valence-electron chi connectivity index (χ4n) is 3.67. The van der Waals surface area contributed by atoms with E-state index in [1.165, 1.54) is 12.8 Å². The number of piperidine rings is 1. The number of carbonyl (C=O) groups excluding carboxylic acids is 2. The molecular formula is C16H24N6O2. The molecule has 24 heavy (non-hydrogen) atoms.